The van der Waals surface area contributed by atoms with Crippen molar-refractivity contribution in [2.24, 2.45) is 0 Å². The average molecular weight is 293 g/mol. The van der Waals surface area contributed by atoms with E-state index in [1.807, 2.05) is 26.8 Å². The third kappa shape index (κ3) is 4.11. The second kappa shape index (κ2) is 6.80. The molecule has 1 N–H and O–H groups in total. The van der Waals surface area contributed by atoms with Crippen molar-refractivity contribution in [3.8, 4) is 17.2 Å². The van der Waals surface area contributed by atoms with Gasteiger partial charge in [-0.05, 0) is 37.4 Å². The zero-order chi connectivity index (χ0) is 15.3. The molecule has 2 aliphatic rings. The van der Waals surface area contributed by atoms with Crippen LogP contribution in [0.15, 0.2) is 12.1 Å². The number of carbonyl (C=O) groups excluding carboxylic acids is 1. The molecule has 1 aromatic rings. The van der Waals surface area contributed by atoms with Crippen LogP contribution in [0.2, 0.25) is 0 Å². The van der Waals surface area contributed by atoms with Crippen molar-refractivity contribution in [3.05, 3.63) is 17.7 Å². The Kier molecular flexibility index (Phi) is 5.07. The Hall–Kier alpha value is -1.75. The zero-order valence-corrected chi connectivity index (χ0v) is 12.9. The first-order chi connectivity index (χ1) is 10.0. The Balaban J connectivity index is 0.000000272. The predicted octanol–water partition coefficient (Wildman–Crippen LogP) is 2.62. The van der Waals surface area contributed by atoms with Crippen LogP contribution in [0.25, 0.3) is 0 Å². The van der Waals surface area contributed by atoms with E-state index in [1.165, 1.54) is 25.9 Å². The molecule has 0 saturated carbocycles. The number of hydrogen-bond donors (Lipinski definition) is 1. The van der Waals surface area contributed by atoms with E-state index in [-0.39, 0.29) is 12.2 Å². The maximum atomic E-state index is 10.5. The molecule has 0 atom stereocenters. The van der Waals surface area contributed by atoms with Crippen LogP contribution in [0, 0.1) is 0 Å². The number of rotatable bonds is 2. The van der Waals surface area contributed by atoms with E-state index >= 15 is 0 Å². The van der Waals surface area contributed by atoms with Crippen LogP contribution < -0.4 is 19.5 Å². The van der Waals surface area contributed by atoms with Crippen LogP contribution in [0.5, 0.6) is 17.2 Å². The summed E-state index contributed by atoms with van der Waals surface area (Å²) in [6, 6.07) is 3.55. The third-order valence-electron chi connectivity index (χ3n) is 3.41. The minimum absolute atomic E-state index is 0.126. The lowest BCUT2D eigenvalue weighted by Gasteiger charge is -2.21. The molecule has 0 aliphatic carbocycles. The maximum Gasteiger partial charge on any atom is 0.298 e. The van der Waals surface area contributed by atoms with Gasteiger partial charge in [-0.3, -0.25) is 4.79 Å². The molecule has 2 aliphatic heterocycles. The molecule has 1 saturated heterocycles. The van der Waals surface area contributed by atoms with E-state index in [2.05, 4.69) is 5.32 Å². The maximum absolute atomic E-state index is 10.5. The Morgan fingerprint density at radius 1 is 1.14 bits per heavy atom. The molecule has 0 unspecified atom stereocenters. The van der Waals surface area contributed by atoms with Crippen LogP contribution in [0.3, 0.4) is 0 Å². The second-order valence-corrected chi connectivity index (χ2v) is 6.12. The first-order valence-corrected chi connectivity index (χ1v) is 7.27. The molecule has 21 heavy (non-hydrogen) atoms. The highest BCUT2D eigenvalue weighted by Gasteiger charge is 2.25. The van der Waals surface area contributed by atoms with Crippen LogP contribution >= 0.6 is 0 Å². The lowest BCUT2D eigenvalue weighted by atomic mass is 9.86. The van der Waals surface area contributed by atoms with E-state index in [1.54, 1.807) is 6.07 Å². The summed E-state index contributed by atoms with van der Waals surface area (Å²) in [5.74, 6) is 1.83. The third-order valence-corrected chi connectivity index (χ3v) is 3.41. The van der Waals surface area contributed by atoms with Gasteiger partial charge in [0.1, 0.15) is 5.75 Å². The van der Waals surface area contributed by atoms with Crippen molar-refractivity contribution in [2.75, 3.05) is 19.9 Å². The first-order valence-electron chi connectivity index (χ1n) is 7.27. The van der Waals surface area contributed by atoms with Crippen molar-refractivity contribution in [3.63, 3.8) is 0 Å². The lowest BCUT2D eigenvalue weighted by Crippen LogP contribution is -2.13. The van der Waals surface area contributed by atoms with E-state index in [0.29, 0.717) is 23.7 Å². The Morgan fingerprint density at radius 3 is 2.24 bits per heavy atom. The molecule has 5 nitrogen and oxygen atoms in total. The molecular weight excluding hydrogens is 270 g/mol. The van der Waals surface area contributed by atoms with Gasteiger partial charge in [0.2, 0.25) is 6.79 Å². The van der Waals surface area contributed by atoms with E-state index < -0.39 is 0 Å². The smallest absolute Gasteiger partial charge is 0.298 e. The van der Waals surface area contributed by atoms with Crippen molar-refractivity contribution in [1.82, 2.24) is 5.32 Å². The monoisotopic (exact) mass is 293 g/mol. The fourth-order valence-electron chi connectivity index (χ4n) is 2.28. The number of ether oxygens (including phenoxy) is 3. The highest BCUT2D eigenvalue weighted by Crippen LogP contribution is 2.42. The van der Waals surface area contributed by atoms with Gasteiger partial charge in [-0.2, -0.15) is 0 Å². The quantitative estimate of drug-likeness (QED) is 0.849. The van der Waals surface area contributed by atoms with Gasteiger partial charge in [-0.15, -0.1) is 0 Å². The van der Waals surface area contributed by atoms with Gasteiger partial charge in [-0.1, -0.05) is 20.8 Å². The van der Waals surface area contributed by atoms with Gasteiger partial charge in [0.05, 0.1) is 0 Å². The van der Waals surface area contributed by atoms with Crippen LogP contribution in [-0.4, -0.2) is 26.4 Å². The molecule has 0 bridgehead atoms. The molecular formula is C16H23NO4. The van der Waals surface area contributed by atoms with Gasteiger partial charge in [-0.25, -0.2) is 0 Å². The molecule has 2 heterocycles. The first kappa shape index (κ1) is 15.6. The fraction of sp³-hybridized carbons (Fsp3) is 0.562. The van der Waals surface area contributed by atoms with E-state index in [0.717, 1.165) is 5.56 Å². The van der Waals surface area contributed by atoms with Crippen molar-refractivity contribution >= 4 is 6.47 Å². The normalized spacial score (nSPS) is 16.1. The molecule has 5 heteroatoms. The minimum Gasteiger partial charge on any atom is -0.454 e. The number of benzene rings is 1. The SMILES string of the molecule is C1CCNC1.CC(C)(C)c1cc2c(cc1OC=O)OCO2. The summed E-state index contributed by atoms with van der Waals surface area (Å²) in [6.07, 6.45) is 2.78. The number of nitrogens with one attached hydrogen (secondary N) is 1. The van der Waals surface area contributed by atoms with Crippen molar-refractivity contribution in [2.45, 2.75) is 39.0 Å². The zero-order valence-electron chi connectivity index (χ0n) is 12.9. The largest absolute Gasteiger partial charge is 0.454 e. The van der Waals surface area contributed by atoms with E-state index in [9.17, 15) is 4.79 Å². The van der Waals surface area contributed by atoms with Crippen LogP contribution in [0.4, 0.5) is 0 Å². The molecule has 0 spiro atoms. The Labute approximate surface area is 125 Å². The summed E-state index contributed by atoms with van der Waals surface area (Å²) in [5, 5.41) is 3.22. The minimum atomic E-state index is -0.126. The number of fused-ring (bicyclic) bond motifs is 1. The highest BCUT2D eigenvalue weighted by atomic mass is 16.7. The van der Waals surface area contributed by atoms with Gasteiger partial charge < -0.3 is 19.5 Å². The molecule has 116 valence electrons. The number of carbonyl (C=O) groups is 1. The van der Waals surface area contributed by atoms with Gasteiger partial charge in [0, 0.05) is 11.6 Å². The average Bonchev–Trinajstić information content (AvgIpc) is 3.11. The van der Waals surface area contributed by atoms with E-state index in [4.69, 9.17) is 14.2 Å². The Morgan fingerprint density at radius 2 is 1.76 bits per heavy atom. The summed E-state index contributed by atoms with van der Waals surface area (Å²) in [5.41, 5.74) is 0.795. The summed E-state index contributed by atoms with van der Waals surface area (Å²) in [7, 11) is 0. The molecule has 3 rings (SSSR count). The van der Waals surface area contributed by atoms with Gasteiger partial charge in [0.15, 0.2) is 11.5 Å². The van der Waals surface area contributed by atoms with Crippen molar-refractivity contribution < 1.29 is 19.0 Å². The van der Waals surface area contributed by atoms with Crippen molar-refractivity contribution in [1.29, 1.82) is 0 Å². The summed E-state index contributed by atoms with van der Waals surface area (Å²) in [4.78, 5) is 10.5. The molecule has 1 fully saturated rings. The van der Waals surface area contributed by atoms with Crippen LogP contribution in [-0.2, 0) is 10.2 Å². The molecule has 0 radical (unpaired) electrons. The molecule has 0 aromatic heterocycles. The highest BCUT2D eigenvalue weighted by molar-refractivity contribution is 5.57. The fourth-order valence-corrected chi connectivity index (χ4v) is 2.28. The predicted molar refractivity (Wildman–Crippen MR) is 80.1 cm³/mol. The summed E-state index contributed by atoms with van der Waals surface area (Å²) < 4.78 is 15.5. The van der Waals surface area contributed by atoms with Gasteiger partial charge in [0.25, 0.3) is 6.47 Å². The lowest BCUT2D eigenvalue weighted by molar-refractivity contribution is -0.120. The molecule has 0 amide bonds. The van der Waals surface area contributed by atoms with Gasteiger partial charge >= 0.3 is 0 Å². The summed E-state index contributed by atoms with van der Waals surface area (Å²) in [6.45, 7) is 9.27. The summed E-state index contributed by atoms with van der Waals surface area (Å²) >= 11 is 0. The topological polar surface area (TPSA) is 56.8 Å². The Bertz CT molecular complexity index is 482. The number of hydrogen-bond acceptors (Lipinski definition) is 5. The second-order valence-electron chi connectivity index (χ2n) is 6.12. The van der Waals surface area contributed by atoms with Crippen LogP contribution in [0.1, 0.15) is 39.2 Å². The standard InChI is InChI=1S/C12H14O4.C4H9N/c1-12(2,3)8-4-10-11(16-7-15-10)5-9(8)14-6-13;1-2-4-5-3-1/h4-6H,7H2,1-3H3;5H,1-4H2. The molecule has 1 aromatic carbocycles.